The zero-order valence-electron chi connectivity index (χ0n) is 9.87. The van der Waals surface area contributed by atoms with Gasteiger partial charge in [0.1, 0.15) is 0 Å². The molecule has 1 fully saturated rings. The molecule has 1 aliphatic rings. The Bertz CT molecular complexity index is 422. The Balaban J connectivity index is 2.08. The summed E-state index contributed by atoms with van der Waals surface area (Å²) in [6.07, 6.45) is 0.996. The summed E-state index contributed by atoms with van der Waals surface area (Å²) in [5, 5.41) is 10.7. The lowest BCUT2D eigenvalue weighted by Gasteiger charge is -2.22. The molecule has 2 N–H and O–H groups in total. The van der Waals surface area contributed by atoms with Crippen LogP contribution in [0.15, 0.2) is 24.3 Å². The molecule has 1 aromatic carbocycles. The van der Waals surface area contributed by atoms with Crippen molar-refractivity contribution in [3.63, 3.8) is 0 Å². The predicted octanol–water partition coefficient (Wildman–Crippen LogP) is 1.52. The molecule has 0 radical (unpaired) electrons. The average molecular weight is 235 g/mol. The van der Waals surface area contributed by atoms with Crippen molar-refractivity contribution in [1.82, 2.24) is 4.90 Å². The van der Waals surface area contributed by atoms with Gasteiger partial charge in [-0.1, -0.05) is 12.1 Å². The summed E-state index contributed by atoms with van der Waals surface area (Å²) in [6, 6.07) is 7.36. The SMILES string of the molecule is CC1C(N)CCN1Cc1cccc([N+](=O)[O-])c1. The van der Waals surface area contributed by atoms with Crippen molar-refractivity contribution < 1.29 is 4.92 Å². The lowest BCUT2D eigenvalue weighted by atomic mass is 10.1. The summed E-state index contributed by atoms with van der Waals surface area (Å²) in [5.41, 5.74) is 7.07. The van der Waals surface area contributed by atoms with Gasteiger partial charge in [-0.3, -0.25) is 15.0 Å². The molecule has 0 amide bonds. The third-order valence-electron chi connectivity index (χ3n) is 3.45. The van der Waals surface area contributed by atoms with Crippen LogP contribution in [0.4, 0.5) is 5.69 Å². The summed E-state index contributed by atoms with van der Waals surface area (Å²) < 4.78 is 0. The topological polar surface area (TPSA) is 72.4 Å². The summed E-state index contributed by atoms with van der Waals surface area (Å²) in [5.74, 6) is 0. The summed E-state index contributed by atoms with van der Waals surface area (Å²) in [6.45, 7) is 3.80. The Morgan fingerprint density at radius 2 is 2.35 bits per heavy atom. The molecule has 0 aliphatic carbocycles. The van der Waals surface area contributed by atoms with Crippen LogP contribution in [0.25, 0.3) is 0 Å². The highest BCUT2D eigenvalue weighted by molar-refractivity contribution is 5.34. The smallest absolute Gasteiger partial charge is 0.269 e. The highest BCUT2D eigenvalue weighted by atomic mass is 16.6. The number of nitro groups is 1. The van der Waals surface area contributed by atoms with Gasteiger partial charge >= 0.3 is 0 Å². The van der Waals surface area contributed by atoms with Gasteiger partial charge in [0.25, 0.3) is 5.69 Å². The average Bonchev–Trinajstić information content (AvgIpc) is 2.61. The van der Waals surface area contributed by atoms with Crippen LogP contribution >= 0.6 is 0 Å². The highest BCUT2D eigenvalue weighted by Gasteiger charge is 2.27. The first-order chi connectivity index (χ1) is 8.08. The van der Waals surface area contributed by atoms with Crippen LogP contribution in [0.1, 0.15) is 18.9 Å². The van der Waals surface area contributed by atoms with Crippen LogP contribution < -0.4 is 5.73 Å². The molecule has 2 unspecified atom stereocenters. The van der Waals surface area contributed by atoms with Crippen LogP contribution in [0.2, 0.25) is 0 Å². The predicted molar refractivity (Wildman–Crippen MR) is 65.6 cm³/mol. The lowest BCUT2D eigenvalue weighted by molar-refractivity contribution is -0.384. The number of benzene rings is 1. The van der Waals surface area contributed by atoms with Crippen LogP contribution in [-0.4, -0.2) is 28.5 Å². The van der Waals surface area contributed by atoms with E-state index in [2.05, 4.69) is 11.8 Å². The fraction of sp³-hybridized carbons (Fsp3) is 0.500. The molecule has 92 valence electrons. The maximum Gasteiger partial charge on any atom is 0.269 e. The number of hydrogen-bond acceptors (Lipinski definition) is 4. The first-order valence-electron chi connectivity index (χ1n) is 5.81. The number of nitro benzene ring substituents is 1. The molecular weight excluding hydrogens is 218 g/mol. The highest BCUT2D eigenvalue weighted by Crippen LogP contribution is 2.20. The second kappa shape index (κ2) is 4.81. The summed E-state index contributed by atoms with van der Waals surface area (Å²) in [7, 11) is 0. The van der Waals surface area contributed by atoms with Gasteiger partial charge in [-0.25, -0.2) is 0 Å². The third-order valence-corrected chi connectivity index (χ3v) is 3.45. The minimum atomic E-state index is -0.358. The van der Waals surface area contributed by atoms with Crippen LogP contribution in [0.5, 0.6) is 0 Å². The second-order valence-corrected chi connectivity index (χ2v) is 4.59. The Labute approximate surface area is 100 Å². The molecule has 2 rings (SSSR count). The quantitative estimate of drug-likeness (QED) is 0.636. The zero-order valence-corrected chi connectivity index (χ0v) is 9.87. The van der Waals surface area contributed by atoms with E-state index in [0.717, 1.165) is 25.1 Å². The number of rotatable bonds is 3. The fourth-order valence-electron chi connectivity index (χ4n) is 2.26. The first-order valence-corrected chi connectivity index (χ1v) is 5.81. The van der Waals surface area contributed by atoms with Crippen LogP contribution in [0, 0.1) is 10.1 Å². The molecule has 0 bridgehead atoms. The normalized spacial score (nSPS) is 25.1. The van der Waals surface area contributed by atoms with Crippen molar-refractivity contribution in [3.8, 4) is 0 Å². The van der Waals surface area contributed by atoms with E-state index < -0.39 is 0 Å². The van der Waals surface area contributed by atoms with Gasteiger partial charge in [0.2, 0.25) is 0 Å². The molecule has 1 saturated heterocycles. The second-order valence-electron chi connectivity index (χ2n) is 4.59. The third kappa shape index (κ3) is 2.62. The number of hydrogen-bond donors (Lipinski definition) is 1. The maximum absolute atomic E-state index is 10.7. The minimum Gasteiger partial charge on any atom is -0.326 e. The Kier molecular flexibility index (Phi) is 3.40. The van der Waals surface area contributed by atoms with E-state index in [-0.39, 0.29) is 16.7 Å². The lowest BCUT2D eigenvalue weighted by Crippen LogP contribution is -2.36. The van der Waals surface area contributed by atoms with Gasteiger partial charge in [0, 0.05) is 37.3 Å². The van der Waals surface area contributed by atoms with Gasteiger partial charge in [-0.2, -0.15) is 0 Å². The monoisotopic (exact) mass is 235 g/mol. The molecule has 0 aromatic heterocycles. The number of likely N-dealkylation sites (tertiary alicyclic amines) is 1. The fourth-order valence-corrected chi connectivity index (χ4v) is 2.26. The summed E-state index contributed by atoms with van der Waals surface area (Å²) in [4.78, 5) is 12.6. The molecule has 5 nitrogen and oxygen atoms in total. The molecule has 1 aromatic rings. The standard InChI is InChI=1S/C12H17N3O2/c1-9-12(13)5-6-14(9)8-10-3-2-4-11(7-10)15(16)17/h2-4,7,9,12H,5-6,8,13H2,1H3. The van der Waals surface area contributed by atoms with Crippen molar-refractivity contribution in [2.75, 3.05) is 6.54 Å². The molecule has 0 saturated carbocycles. The number of nitrogens with zero attached hydrogens (tertiary/aromatic N) is 2. The van der Waals surface area contributed by atoms with E-state index in [1.165, 1.54) is 6.07 Å². The minimum absolute atomic E-state index is 0.152. The molecule has 0 spiro atoms. The maximum atomic E-state index is 10.7. The van der Waals surface area contributed by atoms with Crippen molar-refractivity contribution in [1.29, 1.82) is 0 Å². The van der Waals surface area contributed by atoms with Crippen molar-refractivity contribution in [2.45, 2.75) is 32.0 Å². The van der Waals surface area contributed by atoms with E-state index in [1.807, 2.05) is 6.07 Å². The largest absolute Gasteiger partial charge is 0.326 e. The van der Waals surface area contributed by atoms with E-state index in [0.29, 0.717) is 6.04 Å². The van der Waals surface area contributed by atoms with E-state index >= 15 is 0 Å². The molecular formula is C12H17N3O2. The number of non-ortho nitro benzene ring substituents is 1. The van der Waals surface area contributed by atoms with Gasteiger partial charge in [-0.05, 0) is 18.9 Å². The Morgan fingerprint density at radius 3 is 2.94 bits per heavy atom. The molecule has 2 atom stereocenters. The molecule has 5 heteroatoms. The van der Waals surface area contributed by atoms with Crippen molar-refractivity contribution in [2.24, 2.45) is 5.73 Å². The van der Waals surface area contributed by atoms with Gasteiger partial charge in [0.05, 0.1) is 4.92 Å². The van der Waals surface area contributed by atoms with Crippen LogP contribution in [0.3, 0.4) is 0 Å². The molecule has 1 aliphatic heterocycles. The number of nitrogens with two attached hydrogens (primary N) is 1. The Morgan fingerprint density at radius 1 is 1.59 bits per heavy atom. The van der Waals surface area contributed by atoms with Crippen LogP contribution in [-0.2, 0) is 6.54 Å². The first kappa shape index (κ1) is 12.0. The molecule has 1 heterocycles. The summed E-state index contributed by atoms with van der Waals surface area (Å²) >= 11 is 0. The van der Waals surface area contributed by atoms with E-state index in [4.69, 9.17) is 5.73 Å². The Hall–Kier alpha value is -1.46. The van der Waals surface area contributed by atoms with Crippen molar-refractivity contribution >= 4 is 5.69 Å². The zero-order chi connectivity index (χ0) is 12.4. The van der Waals surface area contributed by atoms with E-state index in [9.17, 15) is 10.1 Å². The van der Waals surface area contributed by atoms with Gasteiger partial charge in [0.15, 0.2) is 0 Å². The molecule has 17 heavy (non-hydrogen) atoms. The van der Waals surface area contributed by atoms with E-state index in [1.54, 1.807) is 12.1 Å². The van der Waals surface area contributed by atoms with Gasteiger partial charge in [-0.15, -0.1) is 0 Å². The van der Waals surface area contributed by atoms with Gasteiger partial charge < -0.3 is 5.73 Å². The van der Waals surface area contributed by atoms with Crippen molar-refractivity contribution in [3.05, 3.63) is 39.9 Å².